The molecule has 13 atom stereocenters. The summed E-state index contributed by atoms with van der Waals surface area (Å²) in [4.78, 5) is 2.28. The Morgan fingerprint density at radius 3 is 2.47 bits per heavy atom. The van der Waals surface area contributed by atoms with Crippen molar-refractivity contribution in [3.63, 3.8) is 0 Å². The lowest BCUT2D eigenvalue weighted by atomic mass is 9.42. The van der Waals surface area contributed by atoms with Crippen LogP contribution in [0.25, 0.3) is 0 Å². The van der Waals surface area contributed by atoms with Crippen molar-refractivity contribution in [2.24, 2.45) is 34.5 Å². The van der Waals surface area contributed by atoms with Gasteiger partial charge in [-0.2, -0.15) is 0 Å². The van der Waals surface area contributed by atoms with Crippen LogP contribution in [0.2, 0.25) is 0 Å². The van der Waals surface area contributed by atoms with Crippen molar-refractivity contribution in [1.82, 2.24) is 4.90 Å². The van der Waals surface area contributed by atoms with Crippen molar-refractivity contribution in [2.45, 2.75) is 74.3 Å². The molecule has 1 heterocycles. The molecular weight excluding hydrogens is 414 g/mol. The second-order valence-electron chi connectivity index (χ2n) is 11.7. The van der Waals surface area contributed by atoms with Crippen molar-refractivity contribution in [3.05, 3.63) is 0 Å². The number of rotatable bonds is 5. The third kappa shape index (κ3) is 1.99. The van der Waals surface area contributed by atoms with E-state index in [-0.39, 0.29) is 35.7 Å². The minimum atomic E-state index is -1.63. The second-order valence-corrected chi connectivity index (χ2v) is 11.7. The summed E-state index contributed by atoms with van der Waals surface area (Å²) in [7, 11) is 4.95. The molecule has 1 saturated heterocycles. The third-order valence-electron chi connectivity index (χ3n) is 11.2. The highest BCUT2D eigenvalue weighted by molar-refractivity contribution is 5.41. The van der Waals surface area contributed by atoms with Crippen LogP contribution in [0, 0.1) is 34.5 Å². The van der Waals surface area contributed by atoms with E-state index >= 15 is 0 Å². The highest BCUT2D eigenvalue weighted by Crippen LogP contribution is 2.80. The average molecular weight is 454 g/mol. The molecule has 6 fully saturated rings. The Morgan fingerprint density at radius 1 is 1.09 bits per heavy atom. The van der Waals surface area contributed by atoms with Gasteiger partial charge in [0.1, 0.15) is 11.2 Å². The van der Waals surface area contributed by atoms with E-state index in [1.165, 1.54) is 0 Å². The molecule has 5 saturated carbocycles. The number of likely N-dealkylation sites (N-methyl/N-ethyl adjacent to an activating group) is 1. The summed E-state index contributed by atoms with van der Waals surface area (Å²) in [5.74, 6) is -0.889. The van der Waals surface area contributed by atoms with Crippen LogP contribution in [-0.4, -0.2) is 108 Å². The number of methoxy groups -OCH3 is 3. The van der Waals surface area contributed by atoms with Gasteiger partial charge < -0.3 is 34.6 Å². The fourth-order valence-electron chi connectivity index (χ4n) is 10.7. The molecule has 0 aromatic heterocycles. The number of likely N-dealkylation sites (tertiary alicyclic amines) is 1. The van der Waals surface area contributed by atoms with E-state index < -0.39 is 46.9 Å². The second kappa shape index (κ2) is 6.66. The summed E-state index contributed by atoms with van der Waals surface area (Å²) in [6, 6.07) is -0.442. The molecule has 182 valence electrons. The number of nitrogens with zero attached hydrogens (tertiary/aromatic N) is 1. The topological polar surface area (TPSA) is 112 Å². The summed E-state index contributed by atoms with van der Waals surface area (Å²) in [6.45, 7) is 4.05. The molecule has 32 heavy (non-hydrogen) atoms. The number of aliphatic hydroxyl groups excluding tert-OH is 2. The Bertz CT molecular complexity index is 798. The van der Waals surface area contributed by atoms with Gasteiger partial charge in [-0.05, 0) is 31.7 Å². The van der Waals surface area contributed by atoms with Gasteiger partial charge in [-0.1, -0.05) is 6.92 Å². The minimum Gasteiger partial charge on any atom is -0.392 e. The summed E-state index contributed by atoms with van der Waals surface area (Å²) in [5.41, 5.74) is -4.15. The van der Waals surface area contributed by atoms with Gasteiger partial charge in [0.15, 0.2) is 0 Å². The molecule has 1 aliphatic heterocycles. The van der Waals surface area contributed by atoms with Crippen molar-refractivity contribution >= 4 is 0 Å². The zero-order valence-electron chi connectivity index (χ0n) is 19.6. The zero-order valence-corrected chi connectivity index (χ0v) is 19.6. The molecule has 1 spiro atoms. The van der Waals surface area contributed by atoms with Gasteiger partial charge in [-0.15, -0.1) is 0 Å². The minimum absolute atomic E-state index is 0.102. The first-order valence-corrected chi connectivity index (χ1v) is 12.3. The normalized spacial score (nSPS) is 62.4. The molecule has 6 rings (SSSR count). The smallest absolute Gasteiger partial charge is 0.136 e. The predicted molar refractivity (Wildman–Crippen MR) is 114 cm³/mol. The van der Waals surface area contributed by atoms with E-state index in [1.54, 1.807) is 21.3 Å². The molecule has 0 aromatic carbocycles. The molecule has 0 aromatic rings. The van der Waals surface area contributed by atoms with Gasteiger partial charge in [0.2, 0.25) is 0 Å². The molecule has 4 N–H and O–H groups in total. The van der Waals surface area contributed by atoms with Crippen LogP contribution in [-0.2, 0) is 14.2 Å². The average Bonchev–Trinajstić information content (AvgIpc) is 3.14. The molecular formula is C24H39NO7. The largest absolute Gasteiger partial charge is 0.392 e. The summed E-state index contributed by atoms with van der Waals surface area (Å²) in [6.07, 6.45) is -0.0296. The lowest BCUT2D eigenvalue weighted by Gasteiger charge is -2.69. The van der Waals surface area contributed by atoms with Crippen LogP contribution < -0.4 is 0 Å². The standard InChI is InChI=1S/C24H39NO7/c1-5-25-10-21(11-30-2)7-6-15(26)23-13-8-12-14(31-3)9-22(28,16(13)17(12)27)24(29,20(23)25)19(32-4)18(21)23/h12-20,26-29H,5-11H2,1-4H3/t12-,13?,14+,15-,16?,17-,18?,19?,20-,21-,22+,23+,24-/m1/s1. The van der Waals surface area contributed by atoms with E-state index in [2.05, 4.69) is 11.8 Å². The van der Waals surface area contributed by atoms with Crippen LogP contribution in [0.15, 0.2) is 0 Å². The first kappa shape index (κ1) is 22.2. The first-order valence-electron chi connectivity index (χ1n) is 12.3. The van der Waals surface area contributed by atoms with Gasteiger partial charge in [-0.3, -0.25) is 4.90 Å². The molecule has 4 unspecified atom stereocenters. The Balaban J connectivity index is 1.67. The summed E-state index contributed by atoms with van der Waals surface area (Å²) >= 11 is 0. The van der Waals surface area contributed by atoms with Crippen LogP contribution in [0.5, 0.6) is 0 Å². The Labute approximate surface area is 189 Å². The number of hydrogen-bond acceptors (Lipinski definition) is 8. The van der Waals surface area contributed by atoms with Crippen LogP contribution in [0.4, 0.5) is 0 Å². The van der Waals surface area contributed by atoms with Crippen LogP contribution in [0.1, 0.15) is 32.6 Å². The fraction of sp³-hybridized carbons (Fsp3) is 1.00. The maximum Gasteiger partial charge on any atom is 0.136 e. The number of piperidine rings is 1. The lowest BCUT2D eigenvalue weighted by molar-refractivity contribution is -0.317. The molecule has 5 aliphatic carbocycles. The van der Waals surface area contributed by atoms with E-state index in [0.29, 0.717) is 26.0 Å². The number of fused-ring (bicyclic) bond motifs is 2. The molecule has 0 radical (unpaired) electrons. The van der Waals surface area contributed by atoms with Crippen molar-refractivity contribution in [2.75, 3.05) is 41.0 Å². The molecule has 7 bridgehead atoms. The van der Waals surface area contributed by atoms with Crippen molar-refractivity contribution in [3.8, 4) is 0 Å². The molecule has 8 nitrogen and oxygen atoms in total. The highest BCUT2D eigenvalue weighted by atomic mass is 16.5. The van der Waals surface area contributed by atoms with Gasteiger partial charge in [0.25, 0.3) is 0 Å². The monoisotopic (exact) mass is 453 g/mol. The van der Waals surface area contributed by atoms with Crippen molar-refractivity contribution < 1.29 is 34.6 Å². The lowest BCUT2D eigenvalue weighted by Crippen LogP contribution is -2.81. The SMILES string of the molecule is CCN1C[C@@]2(COC)CC[C@@H](O)[C@@]34C5C[C@@H]6[C@@H](OC)C[C@](O)(C5[C@@H]6O)[C@@](O)(C(OC)C23)[C@H]14. The number of hydrogen-bond donors (Lipinski definition) is 4. The van der Waals surface area contributed by atoms with E-state index in [1.807, 2.05) is 0 Å². The molecule has 6 aliphatic rings. The maximum atomic E-state index is 12.8. The first-order chi connectivity index (χ1) is 15.2. The Morgan fingerprint density at radius 2 is 1.84 bits per heavy atom. The summed E-state index contributed by atoms with van der Waals surface area (Å²) < 4.78 is 17.7. The predicted octanol–water partition coefficient (Wildman–Crippen LogP) is -0.383. The Hall–Kier alpha value is -0.320. The Kier molecular flexibility index (Phi) is 4.62. The maximum absolute atomic E-state index is 12.8. The quantitative estimate of drug-likeness (QED) is 0.446. The van der Waals surface area contributed by atoms with E-state index in [0.717, 1.165) is 13.0 Å². The number of ether oxygens (including phenoxy) is 3. The molecule has 0 amide bonds. The van der Waals surface area contributed by atoms with Gasteiger partial charge in [0.05, 0.1) is 37.1 Å². The highest BCUT2D eigenvalue weighted by Gasteiger charge is 2.91. The van der Waals surface area contributed by atoms with Crippen LogP contribution in [0.3, 0.4) is 0 Å². The third-order valence-corrected chi connectivity index (χ3v) is 11.2. The summed E-state index contributed by atoms with van der Waals surface area (Å²) in [5, 5.41) is 48.5. The van der Waals surface area contributed by atoms with Gasteiger partial charge in [0, 0.05) is 62.9 Å². The number of aliphatic hydroxyl groups is 4. The fourth-order valence-corrected chi connectivity index (χ4v) is 10.7. The van der Waals surface area contributed by atoms with E-state index in [9.17, 15) is 20.4 Å². The van der Waals surface area contributed by atoms with Gasteiger partial charge in [-0.25, -0.2) is 0 Å². The molecule has 8 heteroatoms. The van der Waals surface area contributed by atoms with Crippen LogP contribution >= 0.6 is 0 Å². The van der Waals surface area contributed by atoms with Gasteiger partial charge >= 0.3 is 0 Å². The van der Waals surface area contributed by atoms with Crippen molar-refractivity contribution in [1.29, 1.82) is 0 Å². The van der Waals surface area contributed by atoms with E-state index in [4.69, 9.17) is 14.2 Å². The zero-order chi connectivity index (χ0) is 22.8.